The molecule has 9 heteroatoms. The van der Waals surface area contributed by atoms with Crippen LogP contribution in [0.3, 0.4) is 0 Å². The van der Waals surface area contributed by atoms with Crippen LogP contribution in [0.15, 0.2) is 77.4 Å². The fourth-order valence-electron chi connectivity index (χ4n) is 3.07. The number of benzene rings is 3. The highest BCUT2D eigenvalue weighted by Gasteiger charge is 2.14. The molecule has 3 aromatic carbocycles. The molecule has 4 aromatic rings. The highest BCUT2D eigenvalue weighted by molar-refractivity contribution is 9.10. The number of nitrogens with one attached hydrogen (secondary N) is 1. The molecule has 0 bridgehead atoms. The Kier molecular flexibility index (Phi) is 7.60. The van der Waals surface area contributed by atoms with E-state index in [0.717, 1.165) is 11.1 Å². The van der Waals surface area contributed by atoms with E-state index < -0.39 is 0 Å². The maximum absolute atomic E-state index is 12.8. The average Bonchev–Trinajstić information content (AvgIpc) is 3.14. The highest BCUT2D eigenvalue weighted by Crippen LogP contribution is 2.25. The van der Waals surface area contributed by atoms with Crippen LogP contribution in [-0.4, -0.2) is 15.7 Å². The first-order valence-electron chi connectivity index (χ1n) is 9.83. The molecule has 1 heterocycles. The van der Waals surface area contributed by atoms with Crippen molar-refractivity contribution in [3.05, 3.63) is 109 Å². The van der Waals surface area contributed by atoms with Crippen LogP contribution in [-0.2, 0) is 13.2 Å². The third-order valence-electron chi connectivity index (χ3n) is 4.70. The summed E-state index contributed by atoms with van der Waals surface area (Å²) < 4.78 is 8.10. The Hall–Kier alpha value is -2.51. The van der Waals surface area contributed by atoms with Crippen LogP contribution in [0.5, 0.6) is 5.75 Å². The highest BCUT2D eigenvalue weighted by atomic mass is 79.9. The van der Waals surface area contributed by atoms with Crippen molar-refractivity contribution in [3.8, 4) is 5.75 Å². The predicted molar refractivity (Wildman–Crippen MR) is 136 cm³/mol. The van der Waals surface area contributed by atoms with Crippen molar-refractivity contribution in [1.82, 2.24) is 9.78 Å². The normalized spacial score (nSPS) is 10.8. The minimum absolute atomic E-state index is 0.279. The van der Waals surface area contributed by atoms with Gasteiger partial charge >= 0.3 is 0 Å². The molecule has 0 spiro atoms. The van der Waals surface area contributed by atoms with Gasteiger partial charge in [-0.25, -0.2) is 0 Å². The molecule has 0 radical (unpaired) electrons. The summed E-state index contributed by atoms with van der Waals surface area (Å²) in [5.74, 6) is 0.830. The molecule has 1 aromatic heterocycles. The summed E-state index contributed by atoms with van der Waals surface area (Å²) in [6.45, 7) is 0.755. The van der Waals surface area contributed by atoms with E-state index in [0.29, 0.717) is 49.8 Å². The summed E-state index contributed by atoms with van der Waals surface area (Å²) in [5, 5.41) is 9.05. The van der Waals surface area contributed by atoms with Gasteiger partial charge < -0.3 is 10.1 Å². The lowest BCUT2D eigenvalue weighted by Gasteiger charge is -2.08. The molecule has 4 rings (SSSR count). The van der Waals surface area contributed by atoms with Crippen LogP contribution in [0.4, 0.5) is 5.82 Å². The number of halogens is 4. The summed E-state index contributed by atoms with van der Waals surface area (Å²) in [4.78, 5) is 12.8. The Balaban J connectivity index is 1.41. The van der Waals surface area contributed by atoms with Gasteiger partial charge in [0.2, 0.25) is 0 Å². The van der Waals surface area contributed by atoms with Crippen LogP contribution in [0, 0.1) is 0 Å². The van der Waals surface area contributed by atoms with E-state index in [2.05, 4.69) is 26.3 Å². The van der Waals surface area contributed by atoms with E-state index in [4.69, 9.17) is 39.5 Å². The zero-order valence-electron chi connectivity index (χ0n) is 17.1. The molecule has 0 aliphatic rings. The maximum atomic E-state index is 12.8. The van der Waals surface area contributed by atoms with Crippen molar-refractivity contribution in [3.63, 3.8) is 0 Å². The molecule has 0 aliphatic heterocycles. The molecule has 0 aliphatic carbocycles. The molecule has 33 heavy (non-hydrogen) atoms. The van der Waals surface area contributed by atoms with Gasteiger partial charge in [-0.2, -0.15) is 5.10 Å². The van der Waals surface area contributed by atoms with Crippen molar-refractivity contribution in [2.45, 2.75) is 13.2 Å². The second kappa shape index (κ2) is 10.6. The minimum atomic E-state index is -0.279. The summed E-state index contributed by atoms with van der Waals surface area (Å²) in [5.41, 5.74) is 2.22. The molecule has 5 nitrogen and oxygen atoms in total. The maximum Gasteiger partial charge on any atom is 0.256 e. The molecular weight excluding hydrogens is 549 g/mol. The van der Waals surface area contributed by atoms with Crippen molar-refractivity contribution >= 4 is 62.5 Å². The number of anilines is 1. The number of rotatable bonds is 7. The lowest BCUT2D eigenvalue weighted by Crippen LogP contribution is -2.13. The Bertz CT molecular complexity index is 1290. The third kappa shape index (κ3) is 6.30. The van der Waals surface area contributed by atoms with E-state index in [1.54, 1.807) is 59.4 Å². The van der Waals surface area contributed by atoms with E-state index in [1.165, 1.54) is 0 Å². The quantitative estimate of drug-likeness (QED) is 0.253. The fourth-order valence-corrected chi connectivity index (χ4v) is 4.08. The first-order chi connectivity index (χ1) is 15.9. The van der Waals surface area contributed by atoms with Crippen LogP contribution in [0.25, 0.3) is 0 Å². The van der Waals surface area contributed by atoms with Gasteiger partial charge in [0.25, 0.3) is 5.91 Å². The standard InChI is InChI=1S/C24H17BrCl3N3O2/c25-21-13-31(12-17-4-5-19(27)11-22(17)28)30-23(21)29-24(32)16-3-1-2-15(10-16)14-33-20-8-6-18(26)7-9-20/h1-11,13H,12,14H2,(H,29,30,32). The van der Waals surface area contributed by atoms with E-state index >= 15 is 0 Å². The van der Waals surface area contributed by atoms with E-state index in [9.17, 15) is 4.79 Å². The number of amides is 1. The number of aromatic nitrogens is 2. The molecule has 168 valence electrons. The second-order valence-corrected chi connectivity index (χ2v) is 9.29. The first-order valence-corrected chi connectivity index (χ1v) is 11.8. The summed E-state index contributed by atoms with van der Waals surface area (Å²) in [6.07, 6.45) is 1.77. The Morgan fingerprint density at radius 1 is 1.00 bits per heavy atom. The number of carbonyl (C=O) groups is 1. The van der Waals surface area contributed by atoms with Crippen molar-refractivity contribution in [1.29, 1.82) is 0 Å². The molecule has 1 N–H and O–H groups in total. The smallest absolute Gasteiger partial charge is 0.256 e. The Labute approximate surface area is 214 Å². The summed E-state index contributed by atoms with van der Waals surface area (Å²) in [6, 6.07) is 19.6. The van der Waals surface area contributed by atoms with Gasteiger partial charge in [-0.3, -0.25) is 9.48 Å². The van der Waals surface area contributed by atoms with Gasteiger partial charge in [-0.1, -0.05) is 53.0 Å². The van der Waals surface area contributed by atoms with E-state index in [1.807, 2.05) is 18.2 Å². The SMILES string of the molecule is O=C(Nc1nn(Cc2ccc(Cl)cc2Cl)cc1Br)c1cccc(COc2ccc(Cl)cc2)c1. The van der Waals surface area contributed by atoms with Crippen molar-refractivity contribution in [2.24, 2.45) is 0 Å². The van der Waals surface area contributed by atoms with Crippen LogP contribution in [0.2, 0.25) is 15.1 Å². The zero-order valence-corrected chi connectivity index (χ0v) is 20.9. The number of carbonyl (C=O) groups excluding carboxylic acids is 1. The van der Waals surface area contributed by atoms with Gasteiger partial charge in [0.15, 0.2) is 5.82 Å². The molecule has 0 saturated carbocycles. The van der Waals surface area contributed by atoms with Crippen LogP contribution < -0.4 is 10.1 Å². The number of hydrogen-bond donors (Lipinski definition) is 1. The molecule has 1 amide bonds. The minimum Gasteiger partial charge on any atom is -0.489 e. The summed E-state index contributed by atoms with van der Waals surface area (Å²) in [7, 11) is 0. The van der Waals surface area contributed by atoms with Gasteiger partial charge in [0, 0.05) is 26.8 Å². The molecule has 0 fully saturated rings. The second-order valence-electron chi connectivity index (χ2n) is 7.16. The first kappa shape index (κ1) is 23.6. The van der Waals surface area contributed by atoms with Gasteiger partial charge in [0.05, 0.1) is 11.0 Å². The monoisotopic (exact) mass is 563 g/mol. The lowest BCUT2D eigenvalue weighted by atomic mass is 10.1. The average molecular weight is 566 g/mol. The van der Waals surface area contributed by atoms with E-state index in [-0.39, 0.29) is 5.91 Å². The van der Waals surface area contributed by atoms with Crippen LogP contribution >= 0.6 is 50.7 Å². The molecular formula is C24H17BrCl3N3O2. The number of hydrogen-bond acceptors (Lipinski definition) is 3. The fraction of sp³-hybridized carbons (Fsp3) is 0.0833. The van der Waals surface area contributed by atoms with Gasteiger partial charge in [-0.15, -0.1) is 0 Å². The summed E-state index contributed by atoms with van der Waals surface area (Å²) >= 11 is 21.6. The Morgan fingerprint density at radius 3 is 2.52 bits per heavy atom. The number of ether oxygens (including phenoxy) is 1. The molecule has 0 saturated heterocycles. The predicted octanol–water partition coefficient (Wildman–Crippen LogP) is 7.49. The number of nitrogens with zero attached hydrogens (tertiary/aromatic N) is 2. The Morgan fingerprint density at radius 2 is 1.76 bits per heavy atom. The largest absolute Gasteiger partial charge is 0.489 e. The van der Waals surface area contributed by atoms with Crippen molar-refractivity contribution in [2.75, 3.05) is 5.32 Å². The van der Waals surface area contributed by atoms with Gasteiger partial charge in [-0.05, 0) is 75.6 Å². The van der Waals surface area contributed by atoms with Gasteiger partial charge in [0.1, 0.15) is 12.4 Å². The van der Waals surface area contributed by atoms with Crippen LogP contribution in [0.1, 0.15) is 21.5 Å². The third-order valence-corrected chi connectivity index (χ3v) is 6.12. The molecule has 0 unspecified atom stereocenters. The van der Waals surface area contributed by atoms with Crippen molar-refractivity contribution < 1.29 is 9.53 Å². The zero-order chi connectivity index (χ0) is 23.4. The lowest BCUT2D eigenvalue weighted by molar-refractivity contribution is 0.102. The topological polar surface area (TPSA) is 56.2 Å². The molecule has 0 atom stereocenters.